The minimum Gasteiger partial charge on any atom is -0.305 e. The van der Waals surface area contributed by atoms with Crippen molar-refractivity contribution in [2.24, 2.45) is 0 Å². The molecule has 0 aliphatic carbocycles. The van der Waals surface area contributed by atoms with Gasteiger partial charge < -0.3 is 5.32 Å². The smallest absolute Gasteiger partial charge is 0.0701 e. The van der Waals surface area contributed by atoms with Gasteiger partial charge in [-0.3, -0.25) is 0 Å². The Morgan fingerprint density at radius 2 is 2.27 bits per heavy atom. The standard InChI is InChI=1S/C11H12BrNS2/c1-8(10-3-2-6-14-10)13-7-9-4-5-11(12)15-9/h2-6,8,13H,7H2,1H3. The van der Waals surface area contributed by atoms with Crippen LogP contribution in [0.4, 0.5) is 0 Å². The summed E-state index contributed by atoms with van der Waals surface area (Å²) in [6.07, 6.45) is 0. The van der Waals surface area contributed by atoms with Gasteiger partial charge >= 0.3 is 0 Å². The van der Waals surface area contributed by atoms with Crippen LogP contribution in [0.1, 0.15) is 22.7 Å². The molecule has 4 heteroatoms. The normalized spacial score (nSPS) is 12.9. The average Bonchev–Trinajstić information content (AvgIpc) is 2.84. The third-order valence-electron chi connectivity index (χ3n) is 2.18. The summed E-state index contributed by atoms with van der Waals surface area (Å²) < 4.78 is 1.20. The highest BCUT2D eigenvalue weighted by molar-refractivity contribution is 9.11. The van der Waals surface area contributed by atoms with Crippen LogP contribution >= 0.6 is 38.6 Å². The molecule has 1 N–H and O–H groups in total. The number of rotatable bonds is 4. The number of halogens is 1. The molecular weight excluding hydrogens is 290 g/mol. The number of hydrogen-bond acceptors (Lipinski definition) is 3. The van der Waals surface area contributed by atoms with Crippen LogP contribution in [0.2, 0.25) is 0 Å². The molecule has 0 amide bonds. The molecule has 1 nitrogen and oxygen atoms in total. The van der Waals surface area contributed by atoms with Crippen molar-refractivity contribution >= 4 is 38.6 Å². The first-order valence-electron chi connectivity index (χ1n) is 4.76. The van der Waals surface area contributed by atoms with Crippen LogP contribution in [0.3, 0.4) is 0 Å². The van der Waals surface area contributed by atoms with Crippen LogP contribution in [-0.4, -0.2) is 0 Å². The Balaban J connectivity index is 1.88. The third kappa shape index (κ3) is 3.14. The van der Waals surface area contributed by atoms with Gasteiger partial charge in [0.2, 0.25) is 0 Å². The van der Waals surface area contributed by atoms with Crippen LogP contribution in [0.5, 0.6) is 0 Å². The van der Waals surface area contributed by atoms with Gasteiger partial charge in [0.1, 0.15) is 0 Å². The molecule has 0 spiro atoms. The van der Waals surface area contributed by atoms with Crippen LogP contribution in [-0.2, 0) is 6.54 Å². The summed E-state index contributed by atoms with van der Waals surface area (Å²) in [7, 11) is 0. The average molecular weight is 302 g/mol. The molecule has 0 aliphatic heterocycles. The van der Waals surface area contributed by atoms with E-state index in [-0.39, 0.29) is 0 Å². The second-order valence-electron chi connectivity index (χ2n) is 3.32. The molecule has 15 heavy (non-hydrogen) atoms. The molecule has 0 saturated carbocycles. The zero-order valence-electron chi connectivity index (χ0n) is 8.37. The van der Waals surface area contributed by atoms with Gasteiger partial charge in [0.25, 0.3) is 0 Å². The maximum atomic E-state index is 3.51. The molecule has 2 rings (SSSR count). The summed E-state index contributed by atoms with van der Waals surface area (Å²) in [5.41, 5.74) is 0. The topological polar surface area (TPSA) is 12.0 Å². The molecule has 2 aromatic rings. The van der Waals surface area contributed by atoms with Gasteiger partial charge in [0.15, 0.2) is 0 Å². The maximum absolute atomic E-state index is 3.51. The molecule has 0 aromatic carbocycles. The zero-order chi connectivity index (χ0) is 10.7. The molecule has 1 unspecified atom stereocenters. The number of thiophene rings is 2. The highest BCUT2D eigenvalue weighted by atomic mass is 79.9. The van der Waals surface area contributed by atoms with E-state index in [0.29, 0.717) is 6.04 Å². The van der Waals surface area contributed by atoms with Crippen LogP contribution in [0.15, 0.2) is 33.4 Å². The summed E-state index contributed by atoms with van der Waals surface area (Å²) in [4.78, 5) is 2.76. The van der Waals surface area contributed by atoms with Gasteiger partial charge in [-0.25, -0.2) is 0 Å². The number of hydrogen-bond donors (Lipinski definition) is 1. The quantitative estimate of drug-likeness (QED) is 0.881. The van der Waals surface area contributed by atoms with Crippen molar-refractivity contribution in [2.75, 3.05) is 0 Å². The van der Waals surface area contributed by atoms with Gasteiger partial charge in [-0.2, -0.15) is 0 Å². The maximum Gasteiger partial charge on any atom is 0.0701 e. The highest BCUT2D eigenvalue weighted by Gasteiger charge is 2.05. The first kappa shape index (κ1) is 11.3. The summed E-state index contributed by atoms with van der Waals surface area (Å²) in [5.74, 6) is 0. The van der Waals surface area contributed by atoms with E-state index < -0.39 is 0 Å². The van der Waals surface area contributed by atoms with E-state index in [1.165, 1.54) is 13.5 Å². The van der Waals surface area contributed by atoms with Gasteiger partial charge in [-0.15, -0.1) is 22.7 Å². The zero-order valence-corrected chi connectivity index (χ0v) is 11.6. The third-order valence-corrected chi connectivity index (χ3v) is 4.86. The Labute approximate surface area is 106 Å². The fourth-order valence-corrected chi connectivity index (χ4v) is 3.53. The summed E-state index contributed by atoms with van der Waals surface area (Å²) in [5, 5.41) is 5.63. The Bertz CT molecular complexity index is 408. The van der Waals surface area contributed by atoms with Gasteiger partial charge in [0.05, 0.1) is 3.79 Å². The van der Waals surface area contributed by atoms with Crippen molar-refractivity contribution in [1.82, 2.24) is 5.32 Å². The molecule has 0 aliphatic rings. The lowest BCUT2D eigenvalue weighted by Gasteiger charge is -2.10. The lowest BCUT2D eigenvalue weighted by molar-refractivity contribution is 0.587. The first-order valence-corrected chi connectivity index (χ1v) is 7.25. The minimum absolute atomic E-state index is 0.436. The second-order valence-corrected chi connectivity index (χ2v) is 6.85. The van der Waals surface area contributed by atoms with Crippen LogP contribution < -0.4 is 5.32 Å². The predicted molar refractivity (Wildman–Crippen MR) is 71.6 cm³/mol. The number of nitrogens with one attached hydrogen (secondary N) is 1. The van der Waals surface area contributed by atoms with Gasteiger partial charge in [-0.1, -0.05) is 6.07 Å². The predicted octanol–water partition coefficient (Wildman–Crippen LogP) is 4.42. The van der Waals surface area contributed by atoms with Crippen molar-refractivity contribution in [3.05, 3.63) is 43.2 Å². The van der Waals surface area contributed by atoms with E-state index in [0.717, 1.165) is 6.54 Å². The molecule has 80 valence electrons. The van der Waals surface area contributed by atoms with E-state index in [1.807, 2.05) is 0 Å². The molecule has 0 fully saturated rings. The van der Waals surface area contributed by atoms with Crippen LogP contribution in [0.25, 0.3) is 0 Å². The fourth-order valence-electron chi connectivity index (χ4n) is 1.34. The molecule has 1 atom stereocenters. The van der Waals surface area contributed by atoms with Crippen molar-refractivity contribution in [1.29, 1.82) is 0 Å². The molecule has 0 bridgehead atoms. The SMILES string of the molecule is CC(NCc1ccc(Br)s1)c1cccs1. The lowest BCUT2D eigenvalue weighted by Crippen LogP contribution is -2.16. The van der Waals surface area contributed by atoms with E-state index in [2.05, 4.69) is 57.8 Å². The summed E-state index contributed by atoms with van der Waals surface area (Å²) in [6.45, 7) is 3.14. The molecule has 2 heterocycles. The first-order chi connectivity index (χ1) is 7.25. The largest absolute Gasteiger partial charge is 0.305 e. The van der Waals surface area contributed by atoms with E-state index in [9.17, 15) is 0 Å². The molecular formula is C11H12BrNS2. The molecule has 0 saturated heterocycles. The Kier molecular flexibility index (Phi) is 3.97. The van der Waals surface area contributed by atoms with Crippen molar-refractivity contribution in [3.63, 3.8) is 0 Å². The molecule has 0 radical (unpaired) electrons. The highest BCUT2D eigenvalue weighted by Crippen LogP contribution is 2.23. The van der Waals surface area contributed by atoms with Gasteiger partial charge in [-0.05, 0) is 46.4 Å². The van der Waals surface area contributed by atoms with E-state index in [1.54, 1.807) is 22.7 Å². The minimum atomic E-state index is 0.436. The Morgan fingerprint density at radius 3 is 2.87 bits per heavy atom. The van der Waals surface area contributed by atoms with E-state index >= 15 is 0 Å². The summed E-state index contributed by atoms with van der Waals surface area (Å²) in [6, 6.07) is 8.96. The Hall–Kier alpha value is -0.160. The van der Waals surface area contributed by atoms with Crippen molar-refractivity contribution in [2.45, 2.75) is 19.5 Å². The molecule has 2 aromatic heterocycles. The van der Waals surface area contributed by atoms with Crippen molar-refractivity contribution < 1.29 is 0 Å². The Morgan fingerprint density at radius 1 is 1.40 bits per heavy atom. The fraction of sp³-hybridized carbons (Fsp3) is 0.273. The monoisotopic (exact) mass is 301 g/mol. The summed E-state index contributed by atoms with van der Waals surface area (Å²) >= 11 is 7.06. The van der Waals surface area contributed by atoms with E-state index in [4.69, 9.17) is 0 Å². The lowest BCUT2D eigenvalue weighted by atomic mass is 10.3. The van der Waals surface area contributed by atoms with Crippen LogP contribution in [0, 0.1) is 0 Å². The van der Waals surface area contributed by atoms with Crippen molar-refractivity contribution in [3.8, 4) is 0 Å². The van der Waals surface area contributed by atoms with Gasteiger partial charge in [0, 0.05) is 22.3 Å². The second kappa shape index (κ2) is 5.25.